The molecule has 0 saturated carbocycles. The highest BCUT2D eigenvalue weighted by molar-refractivity contribution is 14.0. The van der Waals surface area contributed by atoms with Gasteiger partial charge in [0.15, 0.2) is 5.96 Å². The second-order valence-corrected chi connectivity index (χ2v) is 9.40. The first kappa shape index (κ1) is 25.0. The number of amides is 1. The normalized spacial score (nSPS) is 17.7. The lowest BCUT2D eigenvalue weighted by Crippen LogP contribution is -2.47. The van der Waals surface area contributed by atoms with Gasteiger partial charge in [-0.05, 0) is 65.5 Å². The summed E-state index contributed by atoms with van der Waals surface area (Å²) in [6.45, 7) is 13.7. The molecule has 160 valence electrons. The average Bonchev–Trinajstić information content (AvgIpc) is 3.01. The number of ether oxygens (including phenoxy) is 1. The Kier molecular flexibility index (Phi) is 10.6. The van der Waals surface area contributed by atoms with Gasteiger partial charge in [0.05, 0.1) is 6.54 Å². The first-order valence-corrected chi connectivity index (χ1v) is 10.6. The molecule has 1 saturated heterocycles. The molecule has 1 aliphatic heterocycles. The molecule has 0 spiro atoms. The Morgan fingerprint density at radius 3 is 2.71 bits per heavy atom. The van der Waals surface area contributed by atoms with Crippen LogP contribution in [0.4, 0.5) is 4.79 Å². The number of hydrogen-bond donors (Lipinski definition) is 2. The van der Waals surface area contributed by atoms with E-state index >= 15 is 0 Å². The van der Waals surface area contributed by atoms with Gasteiger partial charge >= 0.3 is 6.09 Å². The maximum absolute atomic E-state index is 12.3. The van der Waals surface area contributed by atoms with Gasteiger partial charge < -0.3 is 20.3 Å². The average molecular weight is 522 g/mol. The number of aryl methyl sites for hydroxylation is 1. The van der Waals surface area contributed by atoms with Crippen LogP contribution in [-0.4, -0.2) is 48.7 Å². The zero-order valence-electron chi connectivity index (χ0n) is 17.7. The van der Waals surface area contributed by atoms with Gasteiger partial charge in [0, 0.05) is 35.9 Å². The van der Waals surface area contributed by atoms with Gasteiger partial charge in [-0.3, -0.25) is 0 Å². The van der Waals surface area contributed by atoms with Crippen molar-refractivity contribution in [3.8, 4) is 0 Å². The summed E-state index contributed by atoms with van der Waals surface area (Å²) in [6.07, 6.45) is 1.91. The standard InChI is InChI=1S/C20H34N4O2S.HI/c1-6-21-18(23-13-17-10-9-15(2)27-17)22-12-16-8-7-11-24(14-16)19(25)26-20(3,4)5;/h9-10,16H,6-8,11-14H2,1-5H3,(H2,21,22,23);1H. The van der Waals surface area contributed by atoms with Crippen molar-refractivity contribution in [2.45, 2.75) is 59.6 Å². The van der Waals surface area contributed by atoms with Gasteiger partial charge in [0.1, 0.15) is 5.60 Å². The molecule has 1 aromatic heterocycles. The predicted octanol–water partition coefficient (Wildman–Crippen LogP) is 4.38. The molecule has 2 heterocycles. The summed E-state index contributed by atoms with van der Waals surface area (Å²) in [6, 6.07) is 4.26. The summed E-state index contributed by atoms with van der Waals surface area (Å²) in [4.78, 5) is 21.4. The number of likely N-dealkylation sites (tertiary alicyclic amines) is 1. The van der Waals surface area contributed by atoms with E-state index in [2.05, 4.69) is 41.6 Å². The van der Waals surface area contributed by atoms with Gasteiger partial charge in [-0.15, -0.1) is 35.3 Å². The maximum atomic E-state index is 12.3. The molecular weight excluding hydrogens is 487 g/mol. The van der Waals surface area contributed by atoms with Crippen LogP contribution in [0.1, 0.15) is 50.3 Å². The van der Waals surface area contributed by atoms with Crippen molar-refractivity contribution in [3.05, 3.63) is 21.9 Å². The number of carbonyl (C=O) groups excluding carboxylic acids is 1. The van der Waals surface area contributed by atoms with Crippen LogP contribution in [0, 0.1) is 12.8 Å². The number of aliphatic imine (C=N–C) groups is 1. The second kappa shape index (κ2) is 11.8. The van der Waals surface area contributed by atoms with E-state index in [1.807, 2.05) is 25.7 Å². The fraction of sp³-hybridized carbons (Fsp3) is 0.700. The first-order chi connectivity index (χ1) is 12.8. The molecule has 8 heteroatoms. The van der Waals surface area contributed by atoms with E-state index in [0.717, 1.165) is 45.0 Å². The summed E-state index contributed by atoms with van der Waals surface area (Å²) in [5, 5.41) is 6.74. The van der Waals surface area contributed by atoms with Crippen LogP contribution in [0.25, 0.3) is 0 Å². The highest BCUT2D eigenvalue weighted by Crippen LogP contribution is 2.19. The monoisotopic (exact) mass is 522 g/mol. The Bertz CT molecular complexity index is 642. The molecule has 0 aromatic carbocycles. The lowest BCUT2D eigenvalue weighted by atomic mass is 9.98. The van der Waals surface area contributed by atoms with Gasteiger partial charge in [0.25, 0.3) is 0 Å². The molecule has 6 nitrogen and oxygen atoms in total. The largest absolute Gasteiger partial charge is 0.444 e. The van der Waals surface area contributed by atoms with E-state index < -0.39 is 5.60 Å². The molecule has 0 aliphatic carbocycles. The van der Waals surface area contributed by atoms with Gasteiger partial charge in [-0.25, -0.2) is 9.79 Å². The topological polar surface area (TPSA) is 66.0 Å². The minimum Gasteiger partial charge on any atom is -0.444 e. The number of nitrogens with one attached hydrogen (secondary N) is 2. The minimum absolute atomic E-state index is 0. The van der Waals surface area contributed by atoms with E-state index in [4.69, 9.17) is 4.74 Å². The minimum atomic E-state index is -0.451. The zero-order valence-corrected chi connectivity index (χ0v) is 20.9. The summed E-state index contributed by atoms with van der Waals surface area (Å²) in [5.41, 5.74) is -0.451. The fourth-order valence-electron chi connectivity index (χ4n) is 3.03. The number of carbonyl (C=O) groups is 1. The molecule has 0 radical (unpaired) electrons. The van der Waals surface area contributed by atoms with Crippen molar-refractivity contribution in [2.24, 2.45) is 10.9 Å². The summed E-state index contributed by atoms with van der Waals surface area (Å²) in [5.74, 6) is 1.23. The van der Waals surface area contributed by atoms with Crippen molar-refractivity contribution >= 4 is 47.4 Å². The highest BCUT2D eigenvalue weighted by Gasteiger charge is 2.27. The van der Waals surface area contributed by atoms with Crippen molar-refractivity contribution in [1.29, 1.82) is 0 Å². The molecule has 1 aromatic rings. The number of rotatable bonds is 5. The molecule has 0 bridgehead atoms. The number of piperidine rings is 1. The Labute approximate surface area is 190 Å². The van der Waals surface area contributed by atoms with Crippen molar-refractivity contribution in [1.82, 2.24) is 15.5 Å². The molecular formula is C20H35IN4O2S. The van der Waals surface area contributed by atoms with E-state index in [9.17, 15) is 4.79 Å². The fourth-order valence-corrected chi connectivity index (χ4v) is 3.85. The van der Waals surface area contributed by atoms with E-state index in [-0.39, 0.29) is 30.1 Å². The highest BCUT2D eigenvalue weighted by atomic mass is 127. The smallest absolute Gasteiger partial charge is 0.410 e. The van der Waals surface area contributed by atoms with Gasteiger partial charge in [0.2, 0.25) is 0 Å². The lowest BCUT2D eigenvalue weighted by Gasteiger charge is -2.34. The third-order valence-electron chi connectivity index (χ3n) is 4.26. The molecule has 1 unspecified atom stereocenters. The van der Waals surface area contributed by atoms with Crippen molar-refractivity contribution in [2.75, 3.05) is 26.2 Å². The summed E-state index contributed by atoms with van der Waals surface area (Å²) >= 11 is 1.78. The first-order valence-electron chi connectivity index (χ1n) is 9.82. The number of halogens is 1. The summed E-state index contributed by atoms with van der Waals surface area (Å²) < 4.78 is 5.51. The number of nitrogens with zero attached hydrogens (tertiary/aromatic N) is 2. The summed E-state index contributed by atoms with van der Waals surface area (Å²) in [7, 11) is 0. The predicted molar refractivity (Wildman–Crippen MR) is 128 cm³/mol. The van der Waals surface area contributed by atoms with Crippen LogP contribution in [0.5, 0.6) is 0 Å². The number of thiophene rings is 1. The Balaban J connectivity index is 0.00000392. The SMILES string of the molecule is CCNC(=NCc1ccc(C)s1)NCC1CCCN(C(=O)OC(C)(C)C)C1.I. The van der Waals surface area contributed by atoms with Crippen molar-refractivity contribution < 1.29 is 9.53 Å². The molecule has 1 amide bonds. The number of guanidine groups is 1. The third-order valence-corrected chi connectivity index (χ3v) is 5.25. The number of hydrogen-bond acceptors (Lipinski definition) is 4. The van der Waals surface area contributed by atoms with E-state index in [0.29, 0.717) is 12.5 Å². The second-order valence-electron chi connectivity index (χ2n) is 8.02. The van der Waals surface area contributed by atoms with Crippen molar-refractivity contribution in [3.63, 3.8) is 0 Å². The van der Waals surface area contributed by atoms with Crippen LogP contribution in [0.2, 0.25) is 0 Å². The third kappa shape index (κ3) is 8.98. The molecule has 2 N–H and O–H groups in total. The van der Waals surface area contributed by atoms with Crippen LogP contribution < -0.4 is 10.6 Å². The molecule has 28 heavy (non-hydrogen) atoms. The quantitative estimate of drug-likeness (QED) is 0.343. The van der Waals surface area contributed by atoms with Crippen LogP contribution in [0.15, 0.2) is 17.1 Å². The maximum Gasteiger partial charge on any atom is 0.410 e. The molecule has 1 fully saturated rings. The van der Waals surface area contributed by atoms with Crippen LogP contribution in [-0.2, 0) is 11.3 Å². The van der Waals surface area contributed by atoms with Crippen LogP contribution >= 0.6 is 35.3 Å². The molecule has 1 aliphatic rings. The lowest BCUT2D eigenvalue weighted by molar-refractivity contribution is 0.0168. The van der Waals surface area contributed by atoms with E-state index in [1.165, 1.54) is 9.75 Å². The Morgan fingerprint density at radius 2 is 2.11 bits per heavy atom. The van der Waals surface area contributed by atoms with Crippen LogP contribution in [0.3, 0.4) is 0 Å². The Hall–Kier alpha value is -1.03. The van der Waals surface area contributed by atoms with Gasteiger partial charge in [-0.1, -0.05) is 0 Å². The van der Waals surface area contributed by atoms with E-state index in [1.54, 1.807) is 11.3 Å². The molecule has 2 rings (SSSR count). The zero-order chi connectivity index (χ0) is 19.9. The Morgan fingerprint density at radius 1 is 1.36 bits per heavy atom. The van der Waals surface area contributed by atoms with Gasteiger partial charge in [-0.2, -0.15) is 0 Å². The molecule has 1 atom stereocenters.